The summed E-state index contributed by atoms with van der Waals surface area (Å²) < 4.78 is 45.0. The van der Waals surface area contributed by atoms with Crippen molar-refractivity contribution in [2.45, 2.75) is 32.0 Å². The van der Waals surface area contributed by atoms with E-state index < -0.39 is 18.0 Å². The van der Waals surface area contributed by atoms with E-state index in [0.717, 1.165) is 6.07 Å². The highest BCUT2D eigenvalue weighted by Gasteiger charge is 2.35. The predicted molar refractivity (Wildman–Crippen MR) is 95.7 cm³/mol. The number of pyridine rings is 1. The number of aromatic nitrogens is 3. The second-order valence-corrected chi connectivity index (χ2v) is 6.32. The lowest BCUT2D eigenvalue weighted by atomic mass is 10.1. The zero-order valence-electron chi connectivity index (χ0n) is 15.2. The van der Waals surface area contributed by atoms with Gasteiger partial charge in [0.15, 0.2) is 11.5 Å². The van der Waals surface area contributed by atoms with Crippen LogP contribution in [0, 0.1) is 0 Å². The standard InChI is InChI=1S/C18H20F3N5O2/c1-2-28-17(27)23-13-4-3-9-26(11-13)15-10-14(18(19,20)21)24-16(25-15)12-5-7-22-8-6-12/h5-8,10,13H,2-4,9,11H2,1H3,(H,23,27). The lowest BCUT2D eigenvalue weighted by Crippen LogP contribution is -2.48. The van der Waals surface area contributed by atoms with Crippen molar-refractivity contribution in [3.63, 3.8) is 0 Å². The van der Waals surface area contributed by atoms with Gasteiger partial charge in [-0.15, -0.1) is 0 Å². The minimum Gasteiger partial charge on any atom is -0.450 e. The van der Waals surface area contributed by atoms with Gasteiger partial charge in [0, 0.05) is 43.2 Å². The lowest BCUT2D eigenvalue weighted by molar-refractivity contribution is -0.141. The first-order chi connectivity index (χ1) is 13.4. The maximum absolute atomic E-state index is 13.4. The highest BCUT2D eigenvalue weighted by Crippen LogP contribution is 2.32. The average Bonchev–Trinajstić information content (AvgIpc) is 2.68. The Morgan fingerprint density at radius 2 is 2.07 bits per heavy atom. The number of carbonyl (C=O) groups excluding carboxylic acids is 1. The largest absolute Gasteiger partial charge is 0.450 e. The third-order valence-corrected chi connectivity index (χ3v) is 4.28. The number of rotatable bonds is 4. The number of anilines is 1. The van der Waals surface area contributed by atoms with Crippen LogP contribution in [0.3, 0.4) is 0 Å². The number of carbonyl (C=O) groups is 1. The molecule has 1 aliphatic heterocycles. The van der Waals surface area contributed by atoms with E-state index in [9.17, 15) is 18.0 Å². The van der Waals surface area contributed by atoms with E-state index in [1.807, 2.05) is 0 Å². The number of nitrogens with zero attached hydrogens (tertiary/aromatic N) is 4. The van der Waals surface area contributed by atoms with Crippen LogP contribution in [0.25, 0.3) is 11.4 Å². The van der Waals surface area contributed by atoms with Gasteiger partial charge in [-0.1, -0.05) is 0 Å². The number of amides is 1. The van der Waals surface area contributed by atoms with Gasteiger partial charge in [0.25, 0.3) is 0 Å². The molecule has 2 aromatic rings. The molecule has 0 radical (unpaired) electrons. The topological polar surface area (TPSA) is 80.2 Å². The summed E-state index contributed by atoms with van der Waals surface area (Å²) >= 11 is 0. The Kier molecular flexibility index (Phi) is 5.96. The molecular weight excluding hydrogens is 375 g/mol. The molecule has 1 amide bonds. The normalized spacial score (nSPS) is 17.3. The van der Waals surface area contributed by atoms with Crippen molar-refractivity contribution in [1.82, 2.24) is 20.3 Å². The predicted octanol–water partition coefficient (Wildman–Crippen LogP) is 3.27. The van der Waals surface area contributed by atoms with Crippen LogP contribution in [0.1, 0.15) is 25.5 Å². The zero-order chi connectivity index (χ0) is 20.1. The molecule has 3 rings (SSSR count). The molecule has 7 nitrogen and oxygen atoms in total. The molecule has 1 saturated heterocycles. The minimum absolute atomic E-state index is 0.0206. The highest BCUT2D eigenvalue weighted by molar-refractivity contribution is 5.67. The number of halogens is 3. The van der Waals surface area contributed by atoms with Crippen LogP contribution in [0.4, 0.5) is 23.8 Å². The van der Waals surface area contributed by atoms with Crippen LogP contribution in [-0.2, 0) is 10.9 Å². The van der Waals surface area contributed by atoms with Crippen LogP contribution >= 0.6 is 0 Å². The van der Waals surface area contributed by atoms with Gasteiger partial charge in [0.1, 0.15) is 5.82 Å². The Balaban J connectivity index is 1.88. The smallest absolute Gasteiger partial charge is 0.433 e. The van der Waals surface area contributed by atoms with Gasteiger partial charge in [0.05, 0.1) is 6.61 Å². The van der Waals surface area contributed by atoms with Crippen LogP contribution < -0.4 is 10.2 Å². The fraction of sp³-hybridized carbons (Fsp3) is 0.444. The molecule has 1 atom stereocenters. The number of nitrogens with one attached hydrogen (secondary N) is 1. The van der Waals surface area contributed by atoms with E-state index in [1.54, 1.807) is 24.0 Å². The summed E-state index contributed by atoms with van der Waals surface area (Å²) in [5.74, 6) is 0.150. The Labute approximate surface area is 160 Å². The summed E-state index contributed by atoms with van der Waals surface area (Å²) in [6.45, 7) is 2.82. The SMILES string of the molecule is CCOC(=O)NC1CCCN(c2cc(C(F)(F)F)nc(-c3ccncc3)n2)C1. The van der Waals surface area contributed by atoms with Gasteiger partial charge in [-0.25, -0.2) is 14.8 Å². The molecule has 10 heteroatoms. The molecule has 0 spiro atoms. The summed E-state index contributed by atoms with van der Waals surface area (Å²) in [7, 11) is 0. The zero-order valence-corrected chi connectivity index (χ0v) is 15.2. The maximum Gasteiger partial charge on any atom is 0.433 e. The molecule has 1 fully saturated rings. The molecule has 1 unspecified atom stereocenters. The fourth-order valence-corrected chi connectivity index (χ4v) is 3.01. The molecule has 150 valence electrons. The number of hydrogen-bond donors (Lipinski definition) is 1. The van der Waals surface area contributed by atoms with Gasteiger partial charge < -0.3 is 15.0 Å². The molecule has 0 aliphatic carbocycles. The lowest BCUT2D eigenvalue weighted by Gasteiger charge is -2.34. The van der Waals surface area contributed by atoms with E-state index in [0.29, 0.717) is 31.5 Å². The van der Waals surface area contributed by atoms with E-state index in [1.165, 1.54) is 12.4 Å². The Hall–Kier alpha value is -2.91. The molecule has 1 aliphatic rings. The summed E-state index contributed by atoms with van der Waals surface area (Å²) in [5, 5.41) is 2.73. The number of alkyl carbamates (subject to hydrolysis) is 1. The molecule has 2 aromatic heterocycles. The second-order valence-electron chi connectivity index (χ2n) is 6.32. The van der Waals surface area contributed by atoms with E-state index >= 15 is 0 Å². The number of ether oxygens (including phenoxy) is 1. The molecule has 0 saturated carbocycles. The average molecular weight is 395 g/mol. The van der Waals surface area contributed by atoms with Gasteiger partial charge in [-0.2, -0.15) is 13.2 Å². The van der Waals surface area contributed by atoms with Gasteiger partial charge in [0.2, 0.25) is 0 Å². The van der Waals surface area contributed by atoms with Crippen molar-refractivity contribution < 1.29 is 22.7 Å². The third kappa shape index (κ3) is 4.87. The number of hydrogen-bond acceptors (Lipinski definition) is 6. The van der Waals surface area contributed by atoms with Gasteiger partial charge >= 0.3 is 12.3 Å². The first-order valence-corrected chi connectivity index (χ1v) is 8.91. The number of piperidine rings is 1. The first-order valence-electron chi connectivity index (χ1n) is 8.91. The maximum atomic E-state index is 13.4. The third-order valence-electron chi connectivity index (χ3n) is 4.28. The van der Waals surface area contributed by atoms with Crippen LogP contribution in [-0.4, -0.2) is 46.8 Å². The van der Waals surface area contributed by atoms with Crippen molar-refractivity contribution in [2.75, 3.05) is 24.6 Å². The summed E-state index contributed by atoms with van der Waals surface area (Å²) in [6, 6.07) is 3.82. The quantitative estimate of drug-likeness (QED) is 0.856. The van der Waals surface area contributed by atoms with E-state index in [-0.39, 0.29) is 24.3 Å². The van der Waals surface area contributed by atoms with Crippen molar-refractivity contribution in [3.8, 4) is 11.4 Å². The molecule has 28 heavy (non-hydrogen) atoms. The number of alkyl halides is 3. The summed E-state index contributed by atoms with van der Waals surface area (Å²) in [6.07, 6.45) is -0.780. The molecule has 0 bridgehead atoms. The van der Waals surface area contributed by atoms with Crippen molar-refractivity contribution >= 4 is 11.9 Å². The summed E-state index contributed by atoms with van der Waals surface area (Å²) in [5.41, 5.74) is -0.564. The Morgan fingerprint density at radius 1 is 1.32 bits per heavy atom. The Bertz CT molecular complexity index is 817. The van der Waals surface area contributed by atoms with Gasteiger partial charge in [-0.3, -0.25) is 4.98 Å². The van der Waals surface area contributed by atoms with Gasteiger partial charge in [-0.05, 0) is 31.9 Å². The van der Waals surface area contributed by atoms with Crippen LogP contribution in [0.15, 0.2) is 30.6 Å². The van der Waals surface area contributed by atoms with E-state index in [2.05, 4.69) is 20.3 Å². The van der Waals surface area contributed by atoms with Crippen molar-refractivity contribution in [3.05, 3.63) is 36.3 Å². The first kappa shape index (κ1) is 19.8. The molecule has 1 N–H and O–H groups in total. The van der Waals surface area contributed by atoms with Crippen LogP contribution in [0.2, 0.25) is 0 Å². The second kappa shape index (κ2) is 8.41. The molecular formula is C18H20F3N5O2. The summed E-state index contributed by atoms with van der Waals surface area (Å²) in [4.78, 5) is 25.3. The van der Waals surface area contributed by atoms with Crippen molar-refractivity contribution in [1.29, 1.82) is 0 Å². The minimum atomic E-state index is -4.60. The van der Waals surface area contributed by atoms with Crippen molar-refractivity contribution in [2.24, 2.45) is 0 Å². The molecule has 0 aromatic carbocycles. The Morgan fingerprint density at radius 3 is 2.75 bits per heavy atom. The van der Waals surface area contributed by atoms with Crippen LogP contribution in [0.5, 0.6) is 0 Å². The monoisotopic (exact) mass is 395 g/mol. The fourth-order valence-electron chi connectivity index (χ4n) is 3.01. The van der Waals surface area contributed by atoms with E-state index in [4.69, 9.17) is 4.74 Å². The molecule has 3 heterocycles. The highest BCUT2D eigenvalue weighted by atomic mass is 19.4.